The molecule has 1 aliphatic heterocycles. The molecule has 0 radical (unpaired) electrons. The Morgan fingerprint density at radius 1 is 1.00 bits per heavy atom. The molecule has 1 aliphatic carbocycles. The van der Waals surface area contributed by atoms with Gasteiger partial charge in [0.2, 0.25) is 10.0 Å². The number of fused-ring (bicyclic) bond motifs is 1. The average molecular weight is 522 g/mol. The Kier molecular flexibility index (Phi) is 6.87. The van der Waals surface area contributed by atoms with Crippen LogP contribution in [0.4, 0.5) is 5.69 Å². The summed E-state index contributed by atoms with van der Waals surface area (Å²) < 4.78 is 28.5. The van der Waals surface area contributed by atoms with Gasteiger partial charge >= 0.3 is 0 Å². The summed E-state index contributed by atoms with van der Waals surface area (Å²) in [4.78, 5) is 20.8. The lowest BCUT2D eigenvalue weighted by Crippen LogP contribution is -2.40. The molecule has 1 saturated carbocycles. The summed E-state index contributed by atoms with van der Waals surface area (Å²) in [6.07, 6.45) is 7.16. The SMILES string of the molecule is COc1ccc2cc(C=C3S/C(=N\c4ccc(S(N)(=O)=O)cc4)N(C4CCCCC4)C3=O)ccc2c1. The number of ether oxygens (including phenoxy) is 1. The summed E-state index contributed by atoms with van der Waals surface area (Å²) in [5.74, 6) is 0.762. The number of aliphatic imine (C=N–C) groups is 1. The third-order valence-electron chi connectivity index (χ3n) is 6.54. The number of nitrogens with two attached hydrogens (primary N) is 1. The Hall–Kier alpha value is -3.14. The van der Waals surface area contributed by atoms with E-state index in [1.54, 1.807) is 19.2 Å². The molecule has 7 nitrogen and oxygen atoms in total. The summed E-state index contributed by atoms with van der Waals surface area (Å²) in [5.41, 5.74) is 1.50. The Bertz CT molecular complexity index is 1470. The molecule has 0 unspecified atom stereocenters. The number of carbonyl (C=O) groups excluding carboxylic acids is 1. The normalized spacial score (nSPS) is 19.5. The van der Waals surface area contributed by atoms with Gasteiger partial charge < -0.3 is 4.74 Å². The van der Waals surface area contributed by atoms with E-state index in [1.807, 2.05) is 41.3 Å². The molecule has 2 fully saturated rings. The number of sulfonamides is 1. The van der Waals surface area contributed by atoms with Gasteiger partial charge in [-0.15, -0.1) is 0 Å². The van der Waals surface area contributed by atoms with Gasteiger partial charge in [-0.05, 0) is 89.5 Å². The van der Waals surface area contributed by atoms with Crippen LogP contribution in [-0.2, 0) is 14.8 Å². The number of benzene rings is 3. The first-order chi connectivity index (χ1) is 17.3. The lowest BCUT2D eigenvalue weighted by molar-refractivity contribution is -0.124. The van der Waals surface area contributed by atoms with Crippen LogP contribution in [0.2, 0.25) is 0 Å². The zero-order valence-corrected chi connectivity index (χ0v) is 21.5. The van der Waals surface area contributed by atoms with Crippen LogP contribution in [0.5, 0.6) is 5.75 Å². The van der Waals surface area contributed by atoms with Crippen LogP contribution in [0.1, 0.15) is 37.7 Å². The second-order valence-corrected chi connectivity index (χ2v) is 11.6. The predicted octanol–water partition coefficient (Wildman–Crippen LogP) is 5.43. The van der Waals surface area contributed by atoms with Crippen molar-refractivity contribution >= 4 is 55.4 Å². The fraction of sp³-hybridized carbons (Fsp3) is 0.259. The number of carbonyl (C=O) groups is 1. The molecule has 1 amide bonds. The maximum atomic E-state index is 13.6. The van der Waals surface area contributed by atoms with E-state index >= 15 is 0 Å². The molecule has 5 rings (SSSR count). The number of hydrogen-bond donors (Lipinski definition) is 1. The molecule has 2 N–H and O–H groups in total. The van der Waals surface area contributed by atoms with Crippen LogP contribution in [0, 0.1) is 0 Å². The van der Waals surface area contributed by atoms with Crippen molar-refractivity contribution < 1.29 is 17.9 Å². The molecule has 3 aromatic rings. The van der Waals surface area contributed by atoms with Gasteiger partial charge in [0.05, 0.1) is 22.6 Å². The second kappa shape index (κ2) is 10.1. The summed E-state index contributed by atoms with van der Waals surface area (Å²) in [6, 6.07) is 18.2. The molecule has 0 atom stereocenters. The zero-order valence-electron chi connectivity index (χ0n) is 19.9. The Morgan fingerprint density at radius 2 is 1.69 bits per heavy atom. The summed E-state index contributed by atoms with van der Waals surface area (Å²) in [7, 11) is -2.13. The zero-order chi connectivity index (χ0) is 25.3. The summed E-state index contributed by atoms with van der Waals surface area (Å²) in [5, 5.41) is 7.96. The smallest absolute Gasteiger partial charge is 0.267 e. The van der Waals surface area contributed by atoms with E-state index in [0.29, 0.717) is 15.8 Å². The fourth-order valence-corrected chi connectivity index (χ4v) is 6.23. The van der Waals surface area contributed by atoms with Crippen LogP contribution in [-0.4, -0.2) is 37.5 Å². The van der Waals surface area contributed by atoms with Gasteiger partial charge in [-0.2, -0.15) is 0 Å². The molecule has 9 heteroatoms. The Labute approximate surface area is 215 Å². The number of methoxy groups -OCH3 is 1. The molecular weight excluding hydrogens is 494 g/mol. The third-order valence-corrected chi connectivity index (χ3v) is 8.45. The standard InChI is InChI=1S/C27H27N3O4S2/c1-34-23-12-9-19-15-18(7-8-20(19)17-23)16-25-26(31)30(22-5-3-2-4-6-22)27(35-25)29-21-10-13-24(14-11-21)36(28,32)33/h7-17,22H,2-6H2,1H3,(H2,28,32,33)/b25-16?,29-27-. The van der Waals surface area contributed by atoms with E-state index in [9.17, 15) is 13.2 Å². The van der Waals surface area contributed by atoms with Crippen LogP contribution < -0.4 is 9.88 Å². The number of rotatable bonds is 5. The van der Waals surface area contributed by atoms with E-state index in [4.69, 9.17) is 14.9 Å². The van der Waals surface area contributed by atoms with Crippen molar-refractivity contribution in [1.29, 1.82) is 0 Å². The Balaban J connectivity index is 1.49. The van der Waals surface area contributed by atoms with Gasteiger partial charge in [-0.3, -0.25) is 9.69 Å². The van der Waals surface area contributed by atoms with Crippen molar-refractivity contribution in [1.82, 2.24) is 4.90 Å². The van der Waals surface area contributed by atoms with E-state index in [-0.39, 0.29) is 16.8 Å². The van der Waals surface area contributed by atoms with Crippen molar-refractivity contribution in [3.05, 3.63) is 71.1 Å². The van der Waals surface area contributed by atoms with E-state index in [2.05, 4.69) is 6.07 Å². The molecule has 1 heterocycles. The van der Waals surface area contributed by atoms with Gasteiger partial charge in [0.1, 0.15) is 5.75 Å². The lowest BCUT2D eigenvalue weighted by Gasteiger charge is -2.30. The topological polar surface area (TPSA) is 102 Å². The number of nitrogens with zero attached hydrogens (tertiary/aromatic N) is 2. The lowest BCUT2D eigenvalue weighted by atomic mass is 9.94. The van der Waals surface area contributed by atoms with E-state index in [0.717, 1.165) is 47.8 Å². The number of hydrogen-bond acceptors (Lipinski definition) is 6. The third kappa shape index (κ3) is 5.18. The van der Waals surface area contributed by atoms with Gasteiger partial charge in [-0.1, -0.05) is 37.5 Å². The number of amides is 1. The molecule has 1 saturated heterocycles. The number of primary sulfonamides is 1. The highest BCUT2D eigenvalue weighted by atomic mass is 32.2. The van der Waals surface area contributed by atoms with Crippen LogP contribution >= 0.6 is 11.8 Å². The first-order valence-electron chi connectivity index (χ1n) is 11.8. The minimum atomic E-state index is -3.78. The van der Waals surface area contributed by atoms with E-state index < -0.39 is 10.0 Å². The molecule has 0 spiro atoms. The largest absolute Gasteiger partial charge is 0.497 e. The highest BCUT2D eigenvalue weighted by Crippen LogP contribution is 2.39. The van der Waals surface area contributed by atoms with Gasteiger partial charge in [-0.25, -0.2) is 18.5 Å². The van der Waals surface area contributed by atoms with Crippen LogP contribution in [0.25, 0.3) is 16.8 Å². The number of thioether (sulfide) groups is 1. The molecule has 0 aromatic heterocycles. The Morgan fingerprint density at radius 3 is 2.39 bits per heavy atom. The minimum Gasteiger partial charge on any atom is -0.497 e. The van der Waals surface area contributed by atoms with Crippen molar-refractivity contribution in [3.8, 4) is 5.75 Å². The highest BCUT2D eigenvalue weighted by molar-refractivity contribution is 8.18. The van der Waals surface area contributed by atoms with Crippen LogP contribution in [0.3, 0.4) is 0 Å². The second-order valence-electron chi connectivity index (χ2n) is 8.98. The van der Waals surface area contributed by atoms with Crippen LogP contribution in [0.15, 0.2) is 75.5 Å². The van der Waals surface area contributed by atoms with E-state index in [1.165, 1.54) is 30.3 Å². The monoisotopic (exact) mass is 521 g/mol. The van der Waals surface area contributed by atoms with Crippen molar-refractivity contribution in [3.63, 3.8) is 0 Å². The maximum Gasteiger partial charge on any atom is 0.267 e. The van der Waals surface area contributed by atoms with Crippen molar-refractivity contribution in [2.45, 2.75) is 43.0 Å². The highest BCUT2D eigenvalue weighted by Gasteiger charge is 2.38. The van der Waals surface area contributed by atoms with Crippen molar-refractivity contribution in [2.75, 3.05) is 7.11 Å². The molecule has 0 bridgehead atoms. The fourth-order valence-electron chi connectivity index (χ4n) is 4.66. The minimum absolute atomic E-state index is 0.0280. The summed E-state index contributed by atoms with van der Waals surface area (Å²) in [6.45, 7) is 0. The molecule has 3 aromatic carbocycles. The first kappa shape index (κ1) is 24.5. The van der Waals surface area contributed by atoms with Gasteiger partial charge in [0.15, 0.2) is 5.17 Å². The quantitative estimate of drug-likeness (QED) is 0.451. The molecular formula is C27H27N3O4S2. The molecule has 2 aliphatic rings. The van der Waals surface area contributed by atoms with Gasteiger partial charge in [0, 0.05) is 6.04 Å². The molecule has 186 valence electrons. The van der Waals surface area contributed by atoms with Crippen molar-refractivity contribution in [2.24, 2.45) is 10.1 Å². The number of amidine groups is 1. The summed E-state index contributed by atoms with van der Waals surface area (Å²) >= 11 is 1.36. The van der Waals surface area contributed by atoms with Gasteiger partial charge in [0.25, 0.3) is 5.91 Å². The molecule has 36 heavy (non-hydrogen) atoms. The average Bonchev–Trinajstić information content (AvgIpc) is 3.18. The first-order valence-corrected chi connectivity index (χ1v) is 14.2. The maximum absolute atomic E-state index is 13.6. The predicted molar refractivity (Wildman–Crippen MR) is 145 cm³/mol.